The Morgan fingerprint density at radius 2 is 1.54 bits per heavy atom. The molecule has 0 bridgehead atoms. The van der Waals surface area contributed by atoms with E-state index >= 15 is 0 Å². The third-order valence-electron chi connectivity index (χ3n) is 4.23. The molecule has 0 saturated carbocycles. The zero-order valence-corrected chi connectivity index (χ0v) is 15.7. The first kappa shape index (κ1) is 19.1. The average Bonchev–Trinajstić information content (AvgIpc) is 2.73. The molecule has 0 unspecified atom stereocenters. The number of nitrogens with one attached hydrogen (secondary N) is 2. The Kier molecular flexibility index (Phi) is 6.37. The minimum atomic E-state index is -0.289. The number of hydrogen-bond donors (Lipinski definition) is 2. The largest absolute Gasteiger partial charge is 0.348 e. The molecule has 3 aromatic carbocycles. The highest BCUT2D eigenvalue weighted by Gasteiger charge is 2.12. The van der Waals surface area contributed by atoms with Gasteiger partial charge in [-0.1, -0.05) is 72.3 Å². The van der Waals surface area contributed by atoms with Gasteiger partial charge in [-0.25, -0.2) is 0 Å². The molecule has 0 heterocycles. The quantitative estimate of drug-likeness (QED) is 0.624. The van der Waals surface area contributed by atoms with E-state index in [-0.39, 0.29) is 11.8 Å². The zero-order chi connectivity index (χ0) is 19.8. The van der Waals surface area contributed by atoms with Gasteiger partial charge in [-0.05, 0) is 36.3 Å². The van der Waals surface area contributed by atoms with Gasteiger partial charge in [0, 0.05) is 12.6 Å². The maximum absolute atomic E-state index is 12.6. The van der Waals surface area contributed by atoms with Crippen molar-refractivity contribution in [1.29, 1.82) is 0 Å². The van der Waals surface area contributed by atoms with Crippen LogP contribution < -0.4 is 10.6 Å². The first-order chi connectivity index (χ1) is 13.6. The minimum absolute atomic E-state index is 0.233. The molecule has 2 N–H and O–H groups in total. The van der Waals surface area contributed by atoms with E-state index in [4.69, 9.17) is 0 Å². The summed E-state index contributed by atoms with van der Waals surface area (Å²) in [5.74, 6) is -0.522. The summed E-state index contributed by atoms with van der Waals surface area (Å²) in [4.78, 5) is 24.8. The number of aryl methyl sites for hydroxylation is 1. The van der Waals surface area contributed by atoms with Gasteiger partial charge < -0.3 is 10.6 Å². The average molecular weight is 370 g/mol. The molecule has 0 radical (unpaired) electrons. The summed E-state index contributed by atoms with van der Waals surface area (Å²) in [7, 11) is 0. The molecule has 0 aromatic heterocycles. The summed E-state index contributed by atoms with van der Waals surface area (Å²) in [6, 6.07) is 24.5. The predicted molar refractivity (Wildman–Crippen MR) is 113 cm³/mol. The van der Waals surface area contributed by atoms with E-state index < -0.39 is 0 Å². The highest BCUT2D eigenvalue weighted by atomic mass is 16.2. The Bertz CT molecular complexity index is 977. The number of para-hydroxylation sites is 1. The van der Waals surface area contributed by atoms with Gasteiger partial charge in [0.05, 0.1) is 11.3 Å². The molecule has 2 amide bonds. The van der Waals surface area contributed by atoms with Crippen LogP contribution in [0, 0.1) is 6.92 Å². The Balaban J connectivity index is 1.64. The molecule has 3 rings (SSSR count). The van der Waals surface area contributed by atoms with Crippen LogP contribution in [0.2, 0.25) is 0 Å². The standard InChI is InChI=1S/C24H22N2O2/c1-18-11-13-20(14-12-18)17-25-24(28)21-9-5-6-10-22(21)26-23(27)16-15-19-7-3-2-4-8-19/h2-16H,17H2,1H3,(H,25,28)(H,26,27)/b16-15+. The van der Waals surface area contributed by atoms with Gasteiger partial charge in [-0.2, -0.15) is 0 Å². The van der Waals surface area contributed by atoms with Gasteiger partial charge in [0.2, 0.25) is 5.91 Å². The van der Waals surface area contributed by atoms with E-state index in [2.05, 4.69) is 10.6 Å². The molecule has 0 aliphatic carbocycles. The summed E-state index contributed by atoms with van der Waals surface area (Å²) < 4.78 is 0. The second-order valence-corrected chi connectivity index (χ2v) is 6.45. The number of anilines is 1. The highest BCUT2D eigenvalue weighted by Crippen LogP contribution is 2.15. The summed E-state index contributed by atoms with van der Waals surface area (Å²) >= 11 is 0. The van der Waals surface area contributed by atoms with Crippen LogP contribution in [0.3, 0.4) is 0 Å². The lowest BCUT2D eigenvalue weighted by molar-refractivity contribution is -0.111. The molecule has 28 heavy (non-hydrogen) atoms. The van der Waals surface area contributed by atoms with Gasteiger partial charge in [-0.3, -0.25) is 9.59 Å². The second-order valence-electron chi connectivity index (χ2n) is 6.45. The molecule has 0 saturated heterocycles. The third-order valence-corrected chi connectivity index (χ3v) is 4.23. The Morgan fingerprint density at radius 1 is 0.857 bits per heavy atom. The number of carbonyl (C=O) groups excluding carboxylic acids is 2. The third kappa shape index (κ3) is 5.42. The molecular weight excluding hydrogens is 348 g/mol. The maximum atomic E-state index is 12.6. The van der Waals surface area contributed by atoms with Crippen molar-refractivity contribution in [3.63, 3.8) is 0 Å². The summed E-state index contributed by atoms with van der Waals surface area (Å²) in [5.41, 5.74) is 4.03. The maximum Gasteiger partial charge on any atom is 0.253 e. The SMILES string of the molecule is Cc1ccc(CNC(=O)c2ccccc2NC(=O)/C=C/c2ccccc2)cc1. The van der Waals surface area contributed by atoms with E-state index in [1.54, 1.807) is 30.3 Å². The van der Waals surface area contributed by atoms with Crippen molar-refractivity contribution in [2.45, 2.75) is 13.5 Å². The zero-order valence-electron chi connectivity index (χ0n) is 15.7. The van der Waals surface area contributed by atoms with Crippen molar-refractivity contribution in [2.24, 2.45) is 0 Å². The summed E-state index contributed by atoms with van der Waals surface area (Å²) in [6.07, 6.45) is 3.19. The van der Waals surface area contributed by atoms with Crippen LogP contribution in [-0.2, 0) is 11.3 Å². The van der Waals surface area contributed by atoms with Gasteiger partial charge in [0.1, 0.15) is 0 Å². The monoisotopic (exact) mass is 370 g/mol. The molecule has 0 aliphatic heterocycles. The molecule has 0 atom stereocenters. The van der Waals surface area contributed by atoms with Crippen molar-refractivity contribution in [1.82, 2.24) is 5.32 Å². The Labute approximate surface area is 164 Å². The molecular formula is C24H22N2O2. The van der Waals surface area contributed by atoms with E-state index in [1.807, 2.05) is 61.5 Å². The fraction of sp³-hybridized carbons (Fsp3) is 0.0833. The minimum Gasteiger partial charge on any atom is -0.348 e. The number of rotatable bonds is 6. The molecule has 0 spiro atoms. The molecule has 0 aliphatic rings. The van der Waals surface area contributed by atoms with Crippen LogP contribution in [0.1, 0.15) is 27.0 Å². The number of carbonyl (C=O) groups is 2. The Morgan fingerprint density at radius 3 is 2.29 bits per heavy atom. The molecule has 0 fully saturated rings. The van der Waals surface area contributed by atoms with Crippen molar-refractivity contribution in [2.75, 3.05) is 5.32 Å². The lowest BCUT2D eigenvalue weighted by Gasteiger charge is -2.11. The predicted octanol–water partition coefficient (Wildman–Crippen LogP) is 4.58. The van der Waals surface area contributed by atoms with E-state index in [9.17, 15) is 9.59 Å². The van der Waals surface area contributed by atoms with Crippen LogP contribution in [0.25, 0.3) is 6.08 Å². The van der Waals surface area contributed by atoms with Crippen molar-refractivity contribution >= 4 is 23.6 Å². The second kappa shape index (κ2) is 9.33. The lowest BCUT2D eigenvalue weighted by atomic mass is 10.1. The van der Waals surface area contributed by atoms with E-state index in [0.29, 0.717) is 17.8 Å². The number of hydrogen-bond acceptors (Lipinski definition) is 2. The van der Waals surface area contributed by atoms with Crippen LogP contribution in [-0.4, -0.2) is 11.8 Å². The topological polar surface area (TPSA) is 58.2 Å². The van der Waals surface area contributed by atoms with Crippen LogP contribution in [0.4, 0.5) is 5.69 Å². The number of amides is 2. The van der Waals surface area contributed by atoms with Crippen LogP contribution in [0.15, 0.2) is 84.9 Å². The molecule has 4 nitrogen and oxygen atoms in total. The molecule has 4 heteroatoms. The molecule has 140 valence electrons. The van der Waals surface area contributed by atoms with E-state index in [1.165, 1.54) is 11.6 Å². The van der Waals surface area contributed by atoms with E-state index in [0.717, 1.165) is 11.1 Å². The first-order valence-corrected chi connectivity index (χ1v) is 9.09. The Hall–Kier alpha value is -3.66. The van der Waals surface area contributed by atoms with Crippen LogP contribution in [0.5, 0.6) is 0 Å². The van der Waals surface area contributed by atoms with Crippen molar-refractivity contribution in [3.8, 4) is 0 Å². The summed E-state index contributed by atoms with van der Waals surface area (Å²) in [6.45, 7) is 2.45. The van der Waals surface area contributed by atoms with Crippen molar-refractivity contribution in [3.05, 3.63) is 107 Å². The van der Waals surface area contributed by atoms with Gasteiger partial charge >= 0.3 is 0 Å². The smallest absolute Gasteiger partial charge is 0.253 e. The first-order valence-electron chi connectivity index (χ1n) is 9.09. The highest BCUT2D eigenvalue weighted by molar-refractivity contribution is 6.07. The fourth-order valence-electron chi connectivity index (χ4n) is 2.68. The van der Waals surface area contributed by atoms with Crippen molar-refractivity contribution < 1.29 is 9.59 Å². The number of benzene rings is 3. The summed E-state index contributed by atoms with van der Waals surface area (Å²) in [5, 5.41) is 5.68. The van der Waals surface area contributed by atoms with Gasteiger partial charge in [0.15, 0.2) is 0 Å². The molecule has 3 aromatic rings. The van der Waals surface area contributed by atoms with Crippen LogP contribution >= 0.6 is 0 Å². The lowest BCUT2D eigenvalue weighted by Crippen LogP contribution is -2.24. The fourth-order valence-corrected chi connectivity index (χ4v) is 2.68. The van der Waals surface area contributed by atoms with Gasteiger partial charge in [-0.15, -0.1) is 0 Å². The van der Waals surface area contributed by atoms with Gasteiger partial charge in [0.25, 0.3) is 5.91 Å². The normalized spacial score (nSPS) is 10.6.